The van der Waals surface area contributed by atoms with E-state index in [2.05, 4.69) is 15.9 Å². The predicted octanol–water partition coefficient (Wildman–Crippen LogP) is 6.77. The first-order valence-electron chi connectivity index (χ1n) is 8.92. The van der Waals surface area contributed by atoms with Crippen molar-refractivity contribution >= 4 is 79.5 Å². The number of hydrogen-bond donors (Lipinski definition) is 1. The summed E-state index contributed by atoms with van der Waals surface area (Å²) < 4.78 is 7.03. The van der Waals surface area contributed by atoms with E-state index in [0.717, 1.165) is 15.6 Å². The van der Waals surface area contributed by atoms with Gasteiger partial charge in [-0.15, -0.1) is 0 Å². The largest absolute Gasteiger partial charge is 0.478 e. The van der Waals surface area contributed by atoms with E-state index in [-0.39, 0.29) is 11.5 Å². The van der Waals surface area contributed by atoms with Crippen LogP contribution in [0.1, 0.15) is 21.7 Å². The summed E-state index contributed by atoms with van der Waals surface area (Å²) in [4.78, 5) is 25.9. The average Bonchev–Trinajstić information content (AvgIpc) is 3.28. The van der Waals surface area contributed by atoms with E-state index in [9.17, 15) is 9.59 Å². The minimum atomic E-state index is -0.983. The fourth-order valence-electron chi connectivity index (χ4n) is 3.09. The summed E-state index contributed by atoms with van der Waals surface area (Å²) in [6.45, 7) is 1.82. The molecule has 0 bridgehead atoms. The highest BCUT2D eigenvalue weighted by Crippen LogP contribution is 2.38. The molecule has 0 aliphatic carbocycles. The summed E-state index contributed by atoms with van der Waals surface area (Å²) in [6.07, 6.45) is 1.64. The molecule has 4 rings (SSSR count). The smallest absolute Gasteiger partial charge is 0.335 e. The number of thiocarbonyl (C=S) groups is 1. The van der Waals surface area contributed by atoms with E-state index >= 15 is 0 Å². The number of hydrogen-bond acceptors (Lipinski definition) is 5. The van der Waals surface area contributed by atoms with Crippen LogP contribution in [-0.4, -0.2) is 21.3 Å². The van der Waals surface area contributed by atoms with E-state index in [1.54, 1.807) is 48.5 Å². The Hall–Kier alpha value is -2.39. The molecule has 0 atom stereocenters. The topological polar surface area (TPSA) is 70.8 Å². The van der Waals surface area contributed by atoms with Crippen molar-refractivity contribution < 1.29 is 19.1 Å². The molecular formula is C22H13BrClNO4S2. The lowest BCUT2D eigenvalue weighted by atomic mass is 10.0. The molecule has 3 aromatic rings. The zero-order valence-corrected chi connectivity index (χ0v) is 19.9. The molecule has 1 aliphatic rings. The molecule has 5 nitrogen and oxygen atoms in total. The van der Waals surface area contributed by atoms with Gasteiger partial charge in [0.15, 0.2) is 4.32 Å². The molecule has 31 heavy (non-hydrogen) atoms. The maximum atomic E-state index is 12.9. The first kappa shape index (κ1) is 21.8. The highest BCUT2D eigenvalue weighted by atomic mass is 79.9. The molecule has 1 fully saturated rings. The van der Waals surface area contributed by atoms with Gasteiger partial charge in [-0.05, 0) is 70.9 Å². The third-order valence-corrected chi connectivity index (χ3v) is 7.13. The van der Waals surface area contributed by atoms with Crippen molar-refractivity contribution in [2.45, 2.75) is 6.92 Å². The summed E-state index contributed by atoms with van der Waals surface area (Å²) in [7, 11) is 0. The third-order valence-electron chi connectivity index (χ3n) is 4.59. The van der Waals surface area contributed by atoms with Crippen molar-refractivity contribution in [3.05, 3.63) is 79.8 Å². The summed E-state index contributed by atoms with van der Waals surface area (Å²) >= 11 is 16.1. The maximum absolute atomic E-state index is 12.9. The minimum Gasteiger partial charge on any atom is -0.478 e. The standard InChI is InChI=1S/C22H13BrClNO4S2/c1-11-8-12(21(27)28)2-5-15(11)18-7-4-14(29-18)10-19-20(26)25(22(30)31-19)13-3-6-16(23)17(24)9-13/h2-10H,1H3,(H,27,28). The molecule has 1 saturated heterocycles. The van der Waals surface area contributed by atoms with Gasteiger partial charge >= 0.3 is 5.97 Å². The molecule has 1 aromatic heterocycles. The molecule has 9 heteroatoms. The Bertz CT molecular complexity index is 1280. The first-order valence-corrected chi connectivity index (χ1v) is 11.3. The first-order chi connectivity index (χ1) is 14.7. The van der Waals surface area contributed by atoms with Crippen molar-refractivity contribution in [1.82, 2.24) is 0 Å². The number of rotatable bonds is 4. The van der Waals surface area contributed by atoms with Gasteiger partial charge in [0.2, 0.25) is 0 Å². The van der Waals surface area contributed by atoms with E-state index in [0.29, 0.717) is 31.5 Å². The van der Waals surface area contributed by atoms with Gasteiger partial charge in [-0.3, -0.25) is 9.69 Å². The number of nitrogens with zero attached hydrogens (tertiary/aromatic N) is 1. The quantitative estimate of drug-likeness (QED) is 0.294. The van der Waals surface area contributed by atoms with Crippen LogP contribution in [0.2, 0.25) is 5.02 Å². The molecule has 2 heterocycles. The number of aryl methyl sites for hydroxylation is 1. The Morgan fingerprint density at radius 2 is 2.00 bits per heavy atom. The van der Waals surface area contributed by atoms with E-state index in [1.165, 1.54) is 22.7 Å². The summed E-state index contributed by atoms with van der Waals surface area (Å²) in [5, 5.41) is 9.61. The van der Waals surface area contributed by atoms with Crippen LogP contribution in [0.3, 0.4) is 0 Å². The highest BCUT2D eigenvalue weighted by Gasteiger charge is 2.33. The number of anilines is 1. The van der Waals surface area contributed by atoms with Crippen molar-refractivity contribution in [3.8, 4) is 11.3 Å². The second-order valence-electron chi connectivity index (χ2n) is 6.65. The zero-order valence-electron chi connectivity index (χ0n) is 15.9. The minimum absolute atomic E-state index is 0.213. The molecule has 1 amide bonds. The van der Waals surface area contributed by atoms with Gasteiger partial charge in [0.05, 0.1) is 21.2 Å². The Labute approximate surface area is 200 Å². The van der Waals surface area contributed by atoms with Crippen molar-refractivity contribution in [2.24, 2.45) is 0 Å². The molecule has 156 valence electrons. The van der Waals surface area contributed by atoms with Crippen LogP contribution in [0, 0.1) is 6.92 Å². The SMILES string of the molecule is Cc1cc(C(=O)O)ccc1-c1ccc(C=C2SC(=S)N(c3ccc(Br)c(Cl)c3)C2=O)o1. The molecule has 0 spiro atoms. The number of carbonyl (C=O) groups excluding carboxylic acids is 1. The Balaban J connectivity index is 1.61. The van der Waals surface area contributed by atoms with E-state index < -0.39 is 5.97 Å². The molecule has 2 aromatic carbocycles. The van der Waals surface area contributed by atoms with Gasteiger partial charge in [0, 0.05) is 16.1 Å². The normalized spacial score (nSPS) is 15.2. The number of carboxylic acid groups (broad SMARTS) is 1. The third kappa shape index (κ3) is 4.34. The second-order valence-corrected chi connectivity index (χ2v) is 9.59. The Kier molecular flexibility index (Phi) is 6.07. The maximum Gasteiger partial charge on any atom is 0.335 e. The highest BCUT2D eigenvalue weighted by molar-refractivity contribution is 9.10. The van der Waals surface area contributed by atoms with Crippen molar-refractivity contribution in [1.29, 1.82) is 0 Å². The fraction of sp³-hybridized carbons (Fsp3) is 0.0455. The monoisotopic (exact) mass is 533 g/mol. The number of carbonyl (C=O) groups is 2. The van der Waals surface area contributed by atoms with Crippen LogP contribution in [0.4, 0.5) is 5.69 Å². The van der Waals surface area contributed by atoms with Crippen molar-refractivity contribution in [3.63, 3.8) is 0 Å². The number of amides is 1. The van der Waals surface area contributed by atoms with Crippen LogP contribution in [0.25, 0.3) is 17.4 Å². The number of benzene rings is 2. The molecule has 1 aliphatic heterocycles. The van der Waals surface area contributed by atoms with Crippen LogP contribution in [0.15, 0.2) is 62.3 Å². The summed E-state index contributed by atoms with van der Waals surface area (Å²) in [6, 6.07) is 13.6. The molecule has 0 unspecified atom stereocenters. The van der Waals surface area contributed by atoms with Crippen LogP contribution in [-0.2, 0) is 4.79 Å². The lowest BCUT2D eigenvalue weighted by Crippen LogP contribution is -2.27. The van der Waals surface area contributed by atoms with Gasteiger partial charge in [-0.25, -0.2) is 4.79 Å². The van der Waals surface area contributed by atoms with Gasteiger partial charge in [0.1, 0.15) is 11.5 Å². The lowest BCUT2D eigenvalue weighted by Gasteiger charge is -2.15. The van der Waals surface area contributed by atoms with Gasteiger partial charge in [-0.1, -0.05) is 41.6 Å². The van der Waals surface area contributed by atoms with Crippen LogP contribution in [0.5, 0.6) is 0 Å². The Morgan fingerprint density at radius 3 is 2.68 bits per heavy atom. The van der Waals surface area contributed by atoms with Gasteiger partial charge in [0.25, 0.3) is 5.91 Å². The van der Waals surface area contributed by atoms with Crippen LogP contribution < -0.4 is 4.90 Å². The molecule has 0 saturated carbocycles. The second kappa shape index (κ2) is 8.63. The summed E-state index contributed by atoms with van der Waals surface area (Å²) in [5.74, 6) is -0.167. The fourth-order valence-corrected chi connectivity index (χ4v) is 4.79. The van der Waals surface area contributed by atoms with E-state index in [4.69, 9.17) is 33.3 Å². The average molecular weight is 535 g/mol. The predicted molar refractivity (Wildman–Crippen MR) is 131 cm³/mol. The Morgan fingerprint density at radius 1 is 1.23 bits per heavy atom. The number of carboxylic acids is 1. The number of aromatic carboxylic acids is 1. The van der Waals surface area contributed by atoms with Crippen molar-refractivity contribution in [2.75, 3.05) is 4.90 Å². The van der Waals surface area contributed by atoms with E-state index in [1.807, 2.05) is 6.92 Å². The summed E-state index contributed by atoms with van der Waals surface area (Å²) in [5.41, 5.74) is 2.36. The number of thioether (sulfide) groups is 1. The number of furan rings is 1. The zero-order chi connectivity index (χ0) is 22.3. The molecule has 0 radical (unpaired) electrons. The lowest BCUT2D eigenvalue weighted by molar-refractivity contribution is -0.113. The molecule has 1 N–H and O–H groups in total. The van der Waals surface area contributed by atoms with Gasteiger partial charge in [-0.2, -0.15) is 0 Å². The molecular weight excluding hydrogens is 522 g/mol. The van der Waals surface area contributed by atoms with Crippen LogP contribution >= 0.6 is 51.5 Å². The number of halogens is 2. The van der Waals surface area contributed by atoms with Gasteiger partial charge < -0.3 is 9.52 Å².